The number of rotatable bonds is 4. The third-order valence-electron chi connectivity index (χ3n) is 3.53. The molecule has 0 radical (unpaired) electrons. The summed E-state index contributed by atoms with van der Waals surface area (Å²) in [5.74, 6) is -2.20. The van der Waals surface area contributed by atoms with Crippen LogP contribution in [0.15, 0.2) is 24.3 Å². The lowest BCUT2D eigenvalue weighted by Crippen LogP contribution is -2.16. The minimum absolute atomic E-state index is 0.0658. The summed E-state index contributed by atoms with van der Waals surface area (Å²) in [5.41, 5.74) is 1.26. The Bertz CT molecular complexity index is 791. The molecule has 128 valence electrons. The first kappa shape index (κ1) is 17.7. The van der Waals surface area contributed by atoms with Crippen molar-refractivity contribution in [3.8, 4) is 0 Å². The van der Waals surface area contributed by atoms with Crippen LogP contribution in [0.1, 0.15) is 42.5 Å². The second-order valence-electron chi connectivity index (χ2n) is 6.62. The molecule has 0 aliphatic heterocycles. The number of halogens is 1. The Labute approximate surface area is 139 Å². The van der Waals surface area contributed by atoms with Gasteiger partial charge in [0.2, 0.25) is 0 Å². The van der Waals surface area contributed by atoms with Crippen LogP contribution < -0.4 is 5.32 Å². The van der Waals surface area contributed by atoms with E-state index in [-0.39, 0.29) is 16.7 Å². The van der Waals surface area contributed by atoms with Crippen LogP contribution in [0.2, 0.25) is 0 Å². The second kappa shape index (κ2) is 6.43. The summed E-state index contributed by atoms with van der Waals surface area (Å²) >= 11 is 0. The van der Waals surface area contributed by atoms with Gasteiger partial charge < -0.3 is 10.4 Å². The second-order valence-corrected chi connectivity index (χ2v) is 6.62. The number of carboxylic acids is 1. The van der Waals surface area contributed by atoms with Crippen LogP contribution in [0, 0.1) is 5.82 Å². The van der Waals surface area contributed by atoms with Gasteiger partial charge in [0, 0.05) is 18.2 Å². The average Bonchev–Trinajstić information content (AvgIpc) is 2.83. The van der Waals surface area contributed by atoms with E-state index in [9.17, 15) is 14.0 Å². The highest BCUT2D eigenvalue weighted by molar-refractivity contribution is 6.03. The molecule has 24 heavy (non-hydrogen) atoms. The minimum Gasteiger partial charge on any atom is -0.481 e. The molecule has 1 amide bonds. The van der Waals surface area contributed by atoms with Gasteiger partial charge in [-0.1, -0.05) is 26.8 Å². The number of hydrogen-bond donors (Lipinski definition) is 2. The average molecular weight is 333 g/mol. The van der Waals surface area contributed by atoms with Crippen LogP contribution in [0.3, 0.4) is 0 Å². The number of benzene rings is 1. The molecule has 0 unspecified atom stereocenters. The zero-order valence-corrected chi connectivity index (χ0v) is 14.1. The molecule has 2 N–H and O–H groups in total. The number of nitrogens with one attached hydrogen (secondary N) is 1. The molecule has 0 spiro atoms. The highest BCUT2D eigenvalue weighted by Crippen LogP contribution is 2.22. The number of carboxylic acid groups (broad SMARTS) is 1. The highest BCUT2D eigenvalue weighted by atomic mass is 19.1. The minimum atomic E-state index is -1.12. The number of carbonyl (C=O) groups excluding carboxylic acids is 1. The number of anilines is 1. The van der Waals surface area contributed by atoms with E-state index in [1.807, 2.05) is 20.8 Å². The van der Waals surface area contributed by atoms with Crippen molar-refractivity contribution in [1.82, 2.24) is 9.78 Å². The normalized spacial score (nSPS) is 11.4. The molecule has 0 aliphatic rings. The van der Waals surface area contributed by atoms with Crippen LogP contribution in [0.4, 0.5) is 10.1 Å². The number of nitrogens with zero attached hydrogens (tertiary/aromatic N) is 2. The Balaban J connectivity index is 2.20. The van der Waals surface area contributed by atoms with E-state index < -0.39 is 24.1 Å². The van der Waals surface area contributed by atoms with E-state index in [0.29, 0.717) is 5.69 Å². The van der Waals surface area contributed by atoms with Crippen molar-refractivity contribution >= 4 is 17.6 Å². The van der Waals surface area contributed by atoms with Crippen molar-refractivity contribution in [2.75, 3.05) is 5.32 Å². The molecule has 0 saturated heterocycles. The number of aryl methyl sites for hydroxylation is 1. The molecule has 0 aliphatic carbocycles. The number of aromatic nitrogens is 2. The van der Waals surface area contributed by atoms with Gasteiger partial charge in [-0.15, -0.1) is 0 Å². The van der Waals surface area contributed by atoms with Gasteiger partial charge in [0.1, 0.15) is 11.5 Å². The summed E-state index contributed by atoms with van der Waals surface area (Å²) in [5, 5.41) is 15.6. The van der Waals surface area contributed by atoms with Crippen molar-refractivity contribution in [2.45, 2.75) is 32.6 Å². The summed E-state index contributed by atoms with van der Waals surface area (Å²) in [6.45, 7) is 5.98. The number of amides is 1. The van der Waals surface area contributed by atoms with Gasteiger partial charge in [-0.3, -0.25) is 14.3 Å². The molecule has 7 heteroatoms. The third kappa shape index (κ3) is 3.98. The quantitative estimate of drug-likeness (QED) is 0.901. The number of aliphatic carboxylic acids is 1. The Kier molecular flexibility index (Phi) is 4.73. The summed E-state index contributed by atoms with van der Waals surface area (Å²) in [4.78, 5) is 23.0. The maximum absolute atomic E-state index is 13.9. The van der Waals surface area contributed by atoms with Gasteiger partial charge in [-0.05, 0) is 23.8 Å². The predicted molar refractivity (Wildman–Crippen MR) is 87.6 cm³/mol. The molecular weight excluding hydrogens is 313 g/mol. The highest BCUT2D eigenvalue weighted by Gasteiger charge is 2.22. The van der Waals surface area contributed by atoms with E-state index in [4.69, 9.17) is 5.11 Å². The molecule has 2 rings (SSSR count). The van der Waals surface area contributed by atoms with Crippen molar-refractivity contribution in [1.29, 1.82) is 0 Å². The van der Waals surface area contributed by atoms with Crippen LogP contribution in [-0.4, -0.2) is 26.8 Å². The van der Waals surface area contributed by atoms with Gasteiger partial charge in [0.25, 0.3) is 5.91 Å². The Morgan fingerprint density at radius 2 is 1.96 bits per heavy atom. The molecular formula is C17H20FN3O3. The van der Waals surface area contributed by atoms with Crippen LogP contribution in [0.5, 0.6) is 0 Å². The van der Waals surface area contributed by atoms with Crippen LogP contribution in [-0.2, 0) is 23.7 Å². The molecule has 0 saturated carbocycles. The molecule has 1 aromatic carbocycles. The molecule has 0 atom stereocenters. The van der Waals surface area contributed by atoms with Crippen molar-refractivity contribution in [3.05, 3.63) is 47.0 Å². The zero-order chi connectivity index (χ0) is 18.1. The zero-order valence-electron chi connectivity index (χ0n) is 14.1. The van der Waals surface area contributed by atoms with Gasteiger partial charge in [0.15, 0.2) is 0 Å². The SMILES string of the molecule is Cn1nc(C(C)(C)C)cc1C(=O)Nc1ccc(CC(=O)O)c(F)c1. The lowest BCUT2D eigenvalue weighted by Gasteiger charge is -2.13. The van der Waals surface area contributed by atoms with E-state index in [2.05, 4.69) is 10.4 Å². The van der Waals surface area contributed by atoms with Crippen LogP contribution in [0.25, 0.3) is 0 Å². The topological polar surface area (TPSA) is 84.2 Å². The number of carbonyl (C=O) groups is 2. The Morgan fingerprint density at radius 1 is 1.29 bits per heavy atom. The smallest absolute Gasteiger partial charge is 0.307 e. The van der Waals surface area contributed by atoms with E-state index in [0.717, 1.165) is 11.8 Å². The van der Waals surface area contributed by atoms with Gasteiger partial charge in [-0.2, -0.15) is 5.10 Å². The van der Waals surface area contributed by atoms with Gasteiger partial charge >= 0.3 is 5.97 Å². The maximum Gasteiger partial charge on any atom is 0.307 e. The standard InChI is InChI=1S/C17H20FN3O3/c1-17(2,3)14-9-13(21(4)20-14)16(24)19-11-6-5-10(7-15(22)23)12(18)8-11/h5-6,8-9H,7H2,1-4H3,(H,19,24)(H,22,23). The molecule has 0 bridgehead atoms. The van der Waals surface area contributed by atoms with Gasteiger partial charge in [-0.25, -0.2) is 4.39 Å². The first-order chi connectivity index (χ1) is 11.1. The molecule has 0 fully saturated rings. The lowest BCUT2D eigenvalue weighted by molar-refractivity contribution is -0.136. The Hall–Kier alpha value is -2.70. The molecule has 1 aromatic heterocycles. The molecule has 2 aromatic rings. The fourth-order valence-corrected chi connectivity index (χ4v) is 2.17. The monoisotopic (exact) mass is 333 g/mol. The predicted octanol–water partition coefficient (Wildman–Crippen LogP) is 2.74. The first-order valence-corrected chi connectivity index (χ1v) is 7.44. The molecule has 1 heterocycles. The van der Waals surface area contributed by atoms with Crippen molar-refractivity contribution in [2.24, 2.45) is 7.05 Å². The summed E-state index contributed by atoms with van der Waals surface area (Å²) < 4.78 is 15.3. The largest absolute Gasteiger partial charge is 0.481 e. The lowest BCUT2D eigenvalue weighted by atomic mass is 9.92. The van der Waals surface area contributed by atoms with E-state index in [1.54, 1.807) is 13.1 Å². The summed E-state index contributed by atoms with van der Waals surface area (Å²) in [6.07, 6.45) is -0.406. The van der Waals surface area contributed by atoms with Gasteiger partial charge in [0.05, 0.1) is 12.1 Å². The third-order valence-corrected chi connectivity index (χ3v) is 3.53. The summed E-state index contributed by atoms with van der Waals surface area (Å²) in [7, 11) is 1.67. The van der Waals surface area contributed by atoms with Crippen molar-refractivity contribution < 1.29 is 19.1 Å². The Morgan fingerprint density at radius 3 is 2.46 bits per heavy atom. The van der Waals surface area contributed by atoms with Crippen molar-refractivity contribution in [3.63, 3.8) is 0 Å². The first-order valence-electron chi connectivity index (χ1n) is 7.44. The van der Waals surface area contributed by atoms with Crippen LogP contribution >= 0.6 is 0 Å². The summed E-state index contributed by atoms with van der Waals surface area (Å²) in [6, 6.07) is 5.63. The molecule has 6 nitrogen and oxygen atoms in total. The number of hydrogen-bond acceptors (Lipinski definition) is 3. The van der Waals surface area contributed by atoms with E-state index >= 15 is 0 Å². The fraction of sp³-hybridized carbons (Fsp3) is 0.353. The van der Waals surface area contributed by atoms with E-state index in [1.165, 1.54) is 16.8 Å². The fourth-order valence-electron chi connectivity index (χ4n) is 2.17. The maximum atomic E-state index is 13.9.